The topological polar surface area (TPSA) is 75.4 Å². The normalized spacial score (nSPS) is 18.9. The molecular formula is C28H53N3O2. The number of allylic oxidation sites excluding steroid dienone is 1. The Morgan fingerprint density at radius 2 is 1.55 bits per heavy atom. The van der Waals surface area contributed by atoms with Crippen molar-refractivity contribution in [3.8, 4) is 0 Å². The zero-order valence-corrected chi connectivity index (χ0v) is 23.6. The van der Waals surface area contributed by atoms with Crippen LogP contribution in [-0.4, -0.2) is 40.9 Å². The molecule has 1 aliphatic rings. The van der Waals surface area contributed by atoms with Gasteiger partial charge in [-0.25, -0.2) is 0 Å². The van der Waals surface area contributed by atoms with Gasteiger partial charge < -0.3 is 11.1 Å². The van der Waals surface area contributed by atoms with E-state index in [9.17, 15) is 9.59 Å². The first-order valence-corrected chi connectivity index (χ1v) is 12.7. The first-order chi connectivity index (χ1) is 14.7. The summed E-state index contributed by atoms with van der Waals surface area (Å²) in [7, 11) is 0. The van der Waals surface area contributed by atoms with Gasteiger partial charge in [-0.1, -0.05) is 60.6 Å². The van der Waals surface area contributed by atoms with Crippen LogP contribution < -0.4 is 11.1 Å². The van der Waals surface area contributed by atoms with Crippen LogP contribution in [0.15, 0.2) is 12.2 Å². The fourth-order valence-electron chi connectivity index (χ4n) is 4.83. The fraction of sp³-hybridized carbons (Fsp3) is 0.857. The van der Waals surface area contributed by atoms with Gasteiger partial charge in [0.15, 0.2) is 0 Å². The molecule has 3 N–H and O–H groups in total. The van der Waals surface area contributed by atoms with E-state index >= 15 is 0 Å². The second-order valence-electron chi connectivity index (χ2n) is 13.9. The lowest BCUT2D eigenvalue weighted by Gasteiger charge is -2.45. The van der Waals surface area contributed by atoms with E-state index in [1.807, 2.05) is 13.8 Å². The summed E-state index contributed by atoms with van der Waals surface area (Å²) in [6, 6.07) is 0. The first kappa shape index (κ1) is 29.8. The monoisotopic (exact) mass is 463 g/mol. The van der Waals surface area contributed by atoms with Gasteiger partial charge in [-0.15, -0.1) is 0 Å². The van der Waals surface area contributed by atoms with Crippen LogP contribution in [0.5, 0.6) is 0 Å². The molecule has 1 unspecified atom stereocenters. The van der Waals surface area contributed by atoms with E-state index in [1.54, 1.807) is 0 Å². The maximum Gasteiger partial charge on any atom is 0.233 e. The molecule has 1 aliphatic heterocycles. The third-order valence-corrected chi connectivity index (χ3v) is 8.32. The SMILES string of the molecule is C=C(CC1CC(=O)N(C(C)(C)CCNC(C)(C)CCN)C1=O)C(C)(C)CC(C)(C)C(C)(C)C. The Labute approximate surface area is 204 Å². The summed E-state index contributed by atoms with van der Waals surface area (Å²) in [5.74, 6) is -0.405. The number of carbonyl (C=O) groups is 2. The Morgan fingerprint density at radius 1 is 1.00 bits per heavy atom. The lowest BCUT2D eigenvalue weighted by Crippen LogP contribution is -2.51. The third kappa shape index (κ3) is 7.65. The summed E-state index contributed by atoms with van der Waals surface area (Å²) < 4.78 is 0. The molecule has 1 saturated heterocycles. The lowest BCUT2D eigenvalue weighted by molar-refractivity contribution is -0.145. The lowest BCUT2D eigenvalue weighted by atomic mass is 9.60. The molecule has 0 saturated carbocycles. The quantitative estimate of drug-likeness (QED) is 0.288. The van der Waals surface area contributed by atoms with E-state index in [1.165, 1.54) is 4.90 Å². The predicted octanol–water partition coefficient (Wildman–Crippen LogP) is 5.68. The van der Waals surface area contributed by atoms with Crippen LogP contribution in [0.25, 0.3) is 0 Å². The molecule has 0 radical (unpaired) electrons. The summed E-state index contributed by atoms with van der Waals surface area (Å²) >= 11 is 0. The molecular weight excluding hydrogens is 410 g/mol. The molecule has 5 heteroatoms. The standard InChI is InChI=1S/C28H53N3O2/c1-20(25(5,6)19-26(7,8)24(2,3)4)17-21-18-22(32)31(23(21)33)28(11,12)14-16-30-27(9,10)13-15-29/h21,30H,1,13-19,29H2,2-12H3. The van der Waals surface area contributed by atoms with E-state index in [0.717, 1.165) is 25.0 Å². The van der Waals surface area contributed by atoms with Gasteiger partial charge in [-0.2, -0.15) is 0 Å². The van der Waals surface area contributed by atoms with Gasteiger partial charge >= 0.3 is 0 Å². The summed E-state index contributed by atoms with van der Waals surface area (Å²) in [5.41, 5.74) is 6.36. The largest absolute Gasteiger partial charge is 0.330 e. The molecule has 0 aromatic heterocycles. The highest BCUT2D eigenvalue weighted by Crippen LogP contribution is 2.49. The minimum Gasteiger partial charge on any atom is -0.330 e. The van der Waals surface area contributed by atoms with E-state index in [2.05, 4.69) is 74.2 Å². The molecule has 1 rings (SSSR count). The van der Waals surface area contributed by atoms with Gasteiger partial charge in [0.1, 0.15) is 0 Å². The van der Waals surface area contributed by atoms with Crippen LogP contribution in [0.1, 0.15) is 108 Å². The number of imide groups is 1. The maximum atomic E-state index is 13.4. The van der Waals surface area contributed by atoms with Gasteiger partial charge in [0.2, 0.25) is 11.8 Å². The summed E-state index contributed by atoms with van der Waals surface area (Å²) in [5, 5.41) is 3.52. The van der Waals surface area contributed by atoms with Gasteiger partial charge in [-0.3, -0.25) is 14.5 Å². The maximum absolute atomic E-state index is 13.4. The number of carbonyl (C=O) groups excluding carboxylic acids is 2. The molecule has 1 fully saturated rings. The molecule has 0 aromatic carbocycles. The molecule has 0 aliphatic carbocycles. The van der Waals surface area contributed by atoms with Gasteiger partial charge in [0.25, 0.3) is 0 Å². The highest BCUT2D eigenvalue weighted by atomic mass is 16.2. The second-order valence-corrected chi connectivity index (χ2v) is 13.9. The van der Waals surface area contributed by atoms with Crippen LogP contribution in [0.3, 0.4) is 0 Å². The molecule has 0 spiro atoms. The third-order valence-electron chi connectivity index (χ3n) is 8.32. The van der Waals surface area contributed by atoms with Crippen molar-refractivity contribution in [3.63, 3.8) is 0 Å². The second kappa shape index (κ2) is 10.2. The highest BCUT2D eigenvalue weighted by Gasteiger charge is 2.47. The van der Waals surface area contributed by atoms with Crippen LogP contribution in [0, 0.1) is 22.2 Å². The Hall–Kier alpha value is -1.20. The smallest absolute Gasteiger partial charge is 0.233 e. The van der Waals surface area contributed by atoms with Crippen molar-refractivity contribution >= 4 is 11.8 Å². The van der Waals surface area contributed by atoms with Crippen molar-refractivity contribution in [2.75, 3.05) is 13.1 Å². The van der Waals surface area contributed by atoms with Crippen molar-refractivity contribution in [2.24, 2.45) is 27.9 Å². The number of hydrogen-bond acceptors (Lipinski definition) is 4. The van der Waals surface area contributed by atoms with Crippen LogP contribution in [-0.2, 0) is 9.59 Å². The van der Waals surface area contributed by atoms with Crippen LogP contribution in [0.4, 0.5) is 0 Å². The molecule has 5 nitrogen and oxygen atoms in total. The molecule has 33 heavy (non-hydrogen) atoms. The van der Waals surface area contributed by atoms with Gasteiger partial charge in [0.05, 0.1) is 5.92 Å². The number of rotatable bonds is 12. The Morgan fingerprint density at radius 3 is 2.03 bits per heavy atom. The van der Waals surface area contributed by atoms with Gasteiger partial charge in [-0.05, 0) is 82.7 Å². The van der Waals surface area contributed by atoms with Crippen molar-refractivity contribution in [2.45, 2.75) is 119 Å². The molecule has 192 valence electrons. The van der Waals surface area contributed by atoms with E-state index < -0.39 is 5.54 Å². The molecule has 0 aromatic rings. The van der Waals surface area contributed by atoms with Crippen molar-refractivity contribution in [1.82, 2.24) is 10.2 Å². The highest BCUT2D eigenvalue weighted by molar-refractivity contribution is 6.04. The summed E-state index contributed by atoms with van der Waals surface area (Å²) in [6.07, 6.45) is 3.42. The molecule has 1 atom stereocenters. The number of amides is 2. The fourth-order valence-corrected chi connectivity index (χ4v) is 4.83. The number of nitrogens with zero attached hydrogens (tertiary/aromatic N) is 1. The Bertz CT molecular complexity index is 726. The molecule has 0 bridgehead atoms. The van der Waals surface area contributed by atoms with E-state index in [0.29, 0.717) is 19.4 Å². The summed E-state index contributed by atoms with van der Waals surface area (Å²) in [6.45, 7) is 29.9. The number of nitrogens with two attached hydrogens (primary N) is 1. The minimum absolute atomic E-state index is 0.0433. The first-order valence-electron chi connectivity index (χ1n) is 12.7. The molecule has 1 heterocycles. The average molecular weight is 464 g/mol. The minimum atomic E-state index is -0.528. The zero-order chi connectivity index (χ0) is 26.0. The Kier molecular flexibility index (Phi) is 9.21. The average Bonchev–Trinajstić information content (AvgIpc) is 2.86. The van der Waals surface area contributed by atoms with E-state index in [4.69, 9.17) is 5.73 Å². The summed E-state index contributed by atoms with van der Waals surface area (Å²) in [4.78, 5) is 27.8. The number of likely N-dealkylation sites (tertiary alicyclic amines) is 1. The number of nitrogens with one attached hydrogen (secondary N) is 1. The van der Waals surface area contributed by atoms with Crippen LogP contribution >= 0.6 is 0 Å². The molecule has 2 amide bonds. The Balaban J connectivity index is 2.84. The predicted molar refractivity (Wildman–Crippen MR) is 140 cm³/mol. The van der Waals surface area contributed by atoms with E-state index in [-0.39, 0.29) is 45.9 Å². The van der Waals surface area contributed by atoms with Crippen molar-refractivity contribution < 1.29 is 9.59 Å². The number of hydrogen-bond donors (Lipinski definition) is 2. The van der Waals surface area contributed by atoms with Gasteiger partial charge in [0, 0.05) is 17.5 Å². The van der Waals surface area contributed by atoms with Crippen molar-refractivity contribution in [1.29, 1.82) is 0 Å². The zero-order valence-electron chi connectivity index (χ0n) is 23.6. The van der Waals surface area contributed by atoms with Crippen molar-refractivity contribution in [3.05, 3.63) is 12.2 Å². The van der Waals surface area contributed by atoms with Crippen LogP contribution in [0.2, 0.25) is 0 Å².